The zero-order valence-electron chi connectivity index (χ0n) is 9.65. The summed E-state index contributed by atoms with van der Waals surface area (Å²) in [5, 5.41) is 8.74. The highest BCUT2D eigenvalue weighted by Gasteiger charge is 2.27. The highest BCUT2D eigenvalue weighted by Crippen LogP contribution is 2.29. The summed E-state index contributed by atoms with van der Waals surface area (Å²) in [6.07, 6.45) is 2.72. The molecule has 0 unspecified atom stereocenters. The molecule has 0 aromatic heterocycles. The van der Waals surface area contributed by atoms with E-state index < -0.39 is 5.97 Å². The van der Waals surface area contributed by atoms with E-state index in [1.54, 1.807) is 11.8 Å². The average molecular weight is 245 g/mol. The van der Waals surface area contributed by atoms with Crippen LogP contribution in [0.4, 0.5) is 0 Å². The van der Waals surface area contributed by atoms with Crippen molar-refractivity contribution >= 4 is 23.6 Å². The van der Waals surface area contributed by atoms with Gasteiger partial charge in [0.15, 0.2) is 0 Å². The van der Waals surface area contributed by atoms with E-state index >= 15 is 0 Å². The lowest BCUT2D eigenvalue weighted by Crippen LogP contribution is -2.37. The largest absolute Gasteiger partial charge is 0.480 e. The van der Waals surface area contributed by atoms with Gasteiger partial charge in [-0.3, -0.25) is 9.59 Å². The zero-order chi connectivity index (χ0) is 12.0. The summed E-state index contributed by atoms with van der Waals surface area (Å²) in [5.74, 6) is 1.39. The lowest BCUT2D eigenvalue weighted by Gasteiger charge is -2.20. The first kappa shape index (κ1) is 13.4. The van der Waals surface area contributed by atoms with Crippen LogP contribution in [-0.4, -0.2) is 46.5 Å². The molecule has 0 aromatic carbocycles. The number of thioether (sulfide) groups is 1. The van der Waals surface area contributed by atoms with Crippen molar-refractivity contribution in [3.05, 3.63) is 0 Å². The maximum atomic E-state index is 11.8. The predicted molar refractivity (Wildman–Crippen MR) is 64.6 cm³/mol. The van der Waals surface area contributed by atoms with Crippen LogP contribution in [0.1, 0.15) is 26.2 Å². The summed E-state index contributed by atoms with van der Waals surface area (Å²) in [6, 6.07) is 0. The van der Waals surface area contributed by atoms with E-state index in [1.807, 2.05) is 6.92 Å². The molecular weight excluding hydrogens is 226 g/mol. The number of aliphatic carboxylic acids is 1. The van der Waals surface area contributed by atoms with Gasteiger partial charge < -0.3 is 10.0 Å². The van der Waals surface area contributed by atoms with Crippen molar-refractivity contribution in [2.45, 2.75) is 26.2 Å². The summed E-state index contributed by atoms with van der Waals surface area (Å²) >= 11 is 1.71. The van der Waals surface area contributed by atoms with Gasteiger partial charge in [-0.1, -0.05) is 6.92 Å². The van der Waals surface area contributed by atoms with Gasteiger partial charge in [-0.2, -0.15) is 11.8 Å². The van der Waals surface area contributed by atoms with Crippen LogP contribution in [0, 0.1) is 5.92 Å². The third kappa shape index (κ3) is 5.39. The average Bonchev–Trinajstić information content (AvgIpc) is 3.00. The molecule has 5 heteroatoms. The summed E-state index contributed by atoms with van der Waals surface area (Å²) < 4.78 is 0. The van der Waals surface area contributed by atoms with Crippen molar-refractivity contribution < 1.29 is 14.7 Å². The van der Waals surface area contributed by atoms with E-state index in [-0.39, 0.29) is 12.5 Å². The summed E-state index contributed by atoms with van der Waals surface area (Å²) in [4.78, 5) is 23.9. The van der Waals surface area contributed by atoms with E-state index in [4.69, 9.17) is 5.11 Å². The van der Waals surface area contributed by atoms with Gasteiger partial charge in [-0.05, 0) is 24.5 Å². The van der Waals surface area contributed by atoms with Crippen LogP contribution in [-0.2, 0) is 9.59 Å². The van der Waals surface area contributed by atoms with Crippen LogP contribution in [0.2, 0.25) is 0 Å². The number of hydrogen-bond donors (Lipinski definition) is 1. The summed E-state index contributed by atoms with van der Waals surface area (Å²) in [6.45, 7) is 2.53. The molecule has 4 nitrogen and oxygen atoms in total. The molecular formula is C11H19NO3S. The molecule has 1 saturated carbocycles. The Labute approximate surface area is 100 Å². The van der Waals surface area contributed by atoms with Crippen molar-refractivity contribution in [3.63, 3.8) is 0 Å². The van der Waals surface area contributed by atoms with Gasteiger partial charge >= 0.3 is 5.97 Å². The molecule has 1 aliphatic carbocycles. The molecule has 0 aliphatic heterocycles. The minimum Gasteiger partial charge on any atom is -0.480 e. The highest BCUT2D eigenvalue weighted by atomic mass is 32.2. The number of rotatable bonds is 8. The maximum absolute atomic E-state index is 11.8. The molecule has 0 heterocycles. The number of nitrogens with zero attached hydrogens (tertiary/aromatic N) is 1. The first-order chi connectivity index (χ1) is 7.63. The van der Waals surface area contributed by atoms with Gasteiger partial charge in [0.05, 0.1) is 0 Å². The quantitative estimate of drug-likeness (QED) is 0.658. The second-order valence-electron chi connectivity index (χ2n) is 4.06. The van der Waals surface area contributed by atoms with E-state index in [2.05, 4.69) is 0 Å². The number of hydrogen-bond acceptors (Lipinski definition) is 3. The van der Waals surface area contributed by atoms with Crippen LogP contribution in [0.5, 0.6) is 0 Å². The van der Waals surface area contributed by atoms with Crippen LogP contribution in [0.15, 0.2) is 0 Å². The molecule has 0 saturated heterocycles. The van der Waals surface area contributed by atoms with Gasteiger partial charge in [0, 0.05) is 18.7 Å². The Kier molecular flexibility index (Phi) is 5.66. The lowest BCUT2D eigenvalue weighted by molar-refractivity contribution is -0.144. The van der Waals surface area contributed by atoms with Crippen molar-refractivity contribution in [2.75, 3.05) is 24.6 Å². The van der Waals surface area contributed by atoms with E-state index in [0.29, 0.717) is 18.9 Å². The Bertz CT molecular complexity index is 254. The molecule has 16 heavy (non-hydrogen) atoms. The van der Waals surface area contributed by atoms with Crippen LogP contribution >= 0.6 is 11.8 Å². The Morgan fingerprint density at radius 3 is 2.62 bits per heavy atom. The fourth-order valence-electron chi connectivity index (χ4n) is 1.49. The number of carbonyl (C=O) groups is 2. The molecule has 1 fully saturated rings. The number of carboxylic acids is 1. The highest BCUT2D eigenvalue weighted by molar-refractivity contribution is 7.99. The molecule has 1 aliphatic rings. The monoisotopic (exact) mass is 245 g/mol. The standard InChI is InChI=1S/C11H19NO3S/c1-2-16-6-5-10(13)12(8-11(14)15)7-9-3-4-9/h9H,2-8H2,1H3,(H,14,15). The smallest absolute Gasteiger partial charge is 0.323 e. The Hall–Kier alpha value is -0.710. The molecule has 1 rings (SSSR count). The Morgan fingerprint density at radius 1 is 1.44 bits per heavy atom. The van der Waals surface area contributed by atoms with Crippen molar-refractivity contribution in [1.82, 2.24) is 4.90 Å². The molecule has 1 N–H and O–H groups in total. The lowest BCUT2D eigenvalue weighted by atomic mass is 10.3. The molecule has 0 bridgehead atoms. The second-order valence-corrected chi connectivity index (χ2v) is 5.45. The molecule has 0 radical (unpaired) electrons. The minimum atomic E-state index is -0.919. The first-order valence-electron chi connectivity index (χ1n) is 5.70. The normalized spacial score (nSPS) is 14.8. The van der Waals surface area contributed by atoms with Crippen molar-refractivity contribution in [3.8, 4) is 0 Å². The fraction of sp³-hybridized carbons (Fsp3) is 0.818. The van der Waals surface area contributed by atoms with Gasteiger partial charge in [0.2, 0.25) is 5.91 Å². The second kappa shape index (κ2) is 6.78. The molecule has 0 aromatic rings. The van der Waals surface area contributed by atoms with Gasteiger partial charge in [-0.15, -0.1) is 0 Å². The van der Waals surface area contributed by atoms with E-state index in [1.165, 1.54) is 4.90 Å². The Balaban J connectivity index is 2.33. The summed E-state index contributed by atoms with van der Waals surface area (Å²) in [5.41, 5.74) is 0. The molecule has 92 valence electrons. The zero-order valence-corrected chi connectivity index (χ0v) is 10.5. The first-order valence-corrected chi connectivity index (χ1v) is 6.86. The Morgan fingerprint density at radius 2 is 2.12 bits per heavy atom. The van der Waals surface area contributed by atoms with Crippen LogP contribution in [0.25, 0.3) is 0 Å². The van der Waals surface area contributed by atoms with Gasteiger partial charge in [-0.25, -0.2) is 0 Å². The molecule has 0 atom stereocenters. The predicted octanol–water partition coefficient (Wildman–Crippen LogP) is 1.45. The maximum Gasteiger partial charge on any atom is 0.323 e. The van der Waals surface area contributed by atoms with Crippen LogP contribution in [0.3, 0.4) is 0 Å². The fourth-order valence-corrected chi connectivity index (χ4v) is 2.10. The number of carbonyl (C=O) groups excluding carboxylic acids is 1. The van der Waals surface area contributed by atoms with E-state index in [0.717, 1.165) is 24.3 Å². The molecule has 0 spiro atoms. The topological polar surface area (TPSA) is 57.6 Å². The minimum absolute atomic E-state index is 0.0183. The number of amides is 1. The van der Waals surface area contributed by atoms with Crippen molar-refractivity contribution in [1.29, 1.82) is 0 Å². The summed E-state index contributed by atoms with van der Waals surface area (Å²) in [7, 11) is 0. The SMILES string of the molecule is CCSCCC(=O)N(CC(=O)O)CC1CC1. The van der Waals surface area contributed by atoms with Crippen LogP contribution < -0.4 is 0 Å². The van der Waals surface area contributed by atoms with E-state index in [9.17, 15) is 9.59 Å². The van der Waals surface area contributed by atoms with Gasteiger partial charge in [0.1, 0.15) is 6.54 Å². The van der Waals surface area contributed by atoms with Crippen molar-refractivity contribution in [2.24, 2.45) is 5.92 Å². The third-order valence-electron chi connectivity index (χ3n) is 2.52. The third-order valence-corrected chi connectivity index (χ3v) is 3.42. The molecule has 1 amide bonds. The number of carboxylic acid groups (broad SMARTS) is 1. The van der Waals surface area contributed by atoms with Gasteiger partial charge in [0.25, 0.3) is 0 Å².